The van der Waals surface area contributed by atoms with Gasteiger partial charge in [-0.2, -0.15) is 0 Å². The first kappa shape index (κ1) is 11.6. The molecule has 0 aliphatic carbocycles. The van der Waals surface area contributed by atoms with E-state index in [1.165, 1.54) is 6.07 Å². The van der Waals surface area contributed by atoms with Crippen molar-refractivity contribution in [2.75, 3.05) is 6.54 Å². The number of carbonyl (C=O) groups is 1. The summed E-state index contributed by atoms with van der Waals surface area (Å²) in [5, 5.41) is 8.88. The maximum atomic E-state index is 10.1. The number of aromatic hydroxyl groups is 1. The van der Waals surface area contributed by atoms with Crippen LogP contribution in [0.5, 0.6) is 5.75 Å². The van der Waals surface area contributed by atoms with Crippen LogP contribution in [0, 0.1) is 6.92 Å². The smallest absolute Gasteiger partial charge is 0.153 e. The number of phenolic OH excluding ortho intramolecular Hbond substituents is 1. The number of phenols is 1. The van der Waals surface area contributed by atoms with Crippen LogP contribution in [0.3, 0.4) is 0 Å². The second-order valence-electron chi connectivity index (χ2n) is 2.32. The molecule has 13 heavy (non-hydrogen) atoms. The zero-order chi connectivity index (χ0) is 10.1. The molecule has 0 bridgehead atoms. The molecule has 0 fully saturated rings. The van der Waals surface area contributed by atoms with Crippen LogP contribution in [0.2, 0.25) is 0 Å². The molecular weight excluding hydrogens is 166 g/mol. The van der Waals surface area contributed by atoms with Gasteiger partial charge in [0.2, 0.25) is 0 Å². The Kier molecular flexibility index (Phi) is 6.55. The Bertz CT molecular complexity index is 246. The molecule has 1 radical (unpaired) electrons. The van der Waals surface area contributed by atoms with Crippen molar-refractivity contribution in [3.8, 4) is 5.75 Å². The molecule has 0 aromatic heterocycles. The quantitative estimate of drug-likeness (QED) is 0.676. The monoisotopic (exact) mass is 180 g/mol. The van der Waals surface area contributed by atoms with Gasteiger partial charge in [0, 0.05) is 0 Å². The van der Waals surface area contributed by atoms with Gasteiger partial charge in [-0.15, -0.1) is 0 Å². The van der Waals surface area contributed by atoms with Gasteiger partial charge >= 0.3 is 0 Å². The van der Waals surface area contributed by atoms with Crippen molar-refractivity contribution in [1.82, 2.24) is 0 Å². The van der Waals surface area contributed by atoms with Gasteiger partial charge in [0.05, 0.1) is 5.56 Å². The molecule has 71 valence electrons. The van der Waals surface area contributed by atoms with Crippen LogP contribution in [-0.4, -0.2) is 17.9 Å². The Morgan fingerprint density at radius 1 is 1.46 bits per heavy atom. The summed E-state index contributed by atoms with van der Waals surface area (Å²) < 4.78 is 0. The van der Waals surface area contributed by atoms with Crippen LogP contribution in [0.1, 0.15) is 16.8 Å². The fraction of sp³-hybridized carbons (Fsp3) is 0.200. The third-order valence-corrected chi connectivity index (χ3v) is 1.27. The summed E-state index contributed by atoms with van der Waals surface area (Å²) in [4.78, 5) is 10.1. The van der Waals surface area contributed by atoms with E-state index in [2.05, 4.69) is 6.92 Å². The first-order chi connectivity index (χ1) is 6.26. The van der Waals surface area contributed by atoms with Crippen molar-refractivity contribution in [3.05, 3.63) is 36.8 Å². The van der Waals surface area contributed by atoms with Crippen LogP contribution >= 0.6 is 0 Å². The normalized spacial score (nSPS) is 8.46. The number of carbonyl (C=O) groups excluding carboxylic acids is 1. The van der Waals surface area contributed by atoms with Gasteiger partial charge in [0.25, 0.3) is 0 Å². The highest BCUT2D eigenvalue weighted by atomic mass is 16.3. The summed E-state index contributed by atoms with van der Waals surface area (Å²) >= 11 is 0. The van der Waals surface area contributed by atoms with Crippen molar-refractivity contribution >= 4 is 6.29 Å². The summed E-state index contributed by atoms with van der Waals surface area (Å²) in [6.45, 7) is 4.19. The summed E-state index contributed by atoms with van der Waals surface area (Å²) in [7, 11) is 0. The minimum atomic E-state index is 0.0347. The standard InChI is InChI=1S/C7H6O2.C3H8N/c8-5-6-3-1-2-4-7(6)9;1-2-3-4/h1-5,9H;1-4H2. The van der Waals surface area contributed by atoms with E-state index in [1.54, 1.807) is 18.2 Å². The number of hydrogen-bond donors (Lipinski definition) is 2. The Balaban J connectivity index is 0.000000310. The molecule has 3 nitrogen and oxygen atoms in total. The Morgan fingerprint density at radius 3 is 2.31 bits per heavy atom. The SMILES string of the molecule is O=Cc1ccccc1O.[CH2]CCN. The molecule has 0 amide bonds. The first-order valence-corrected chi connectivity index (χ1v) is 3.98. The Hall–Kier alpha value is -1.35. The number of para-hydroxylation sites is 1. The maximum Gasteiger partial charge on any atom is 0.153 e. The molecule has 0 saturated carbocycles. The van der Waals surface area contributed by atoms with Gasteiger partial charge in [-0.3, -0.25) is 4.79 Å². The van der Waals surface area contributed by atoms with E-state index in [0.29, 0.717) is 18.4 Å². The summed E-state index contributed by atoms with van der Waals surface area (Å²) in [5.74, 6) is 0.0347. The van der Waals surface area contributed by atoms with Gasteiger partial charge in [-0.05, 0) is 25.1 Å². The van der Waals surface area contributed by atoms with Crippen LogP contribution in [0.4, 0.5) is 0 Å². The van der Waals surface area contributed by atoms with E-state index in [0.717, 1.165) is 6.42 Å². The number of hydrogen-bond acceptors (Lipinski definition) is 3. The van der Waals surface area contributed by atoms with E-state index >= 15 is 0 Å². The molecule has 0 aliphatic heterocycles. The fourth-order valence-corrected chi connectivity index (χ4v) is 0.587. The van der Waals surface area contributed by atoms with E-state index < -0.39 is 0 Å². The number of benzene rings is 1. The fourth-order valence-electron chi connectivity index (χ4n) is 0.587. The minimum Gasteiger partial charge on any atom is -0.507 e. The van der Waals surface area contributed by atoms with Crippen LogP contribution in [0.15, 0.2) is 24.3 Å². The third kappa shape index (κ3) is 4.98. The van der Waals surface area contributed by atoms with Gasteiger partial charge in [-0.25, -0.2) is 0 Å². The van der Waals surface area contributed by atoms with Crippen molar-refractivity contribution in [2.24, 2.45) is 5.73 Å². The van der Waals surface area contributed by atoms with Gasteiger partial charge in [-0.1, -0.05) is 19.1 Å². The predicted molar refractivity (Wildman–Crippen MR) is 52.5 cm³/mol. The summed E-state index contributed by atoms with van der Waals surface area (Å²) in [6, 6.07) is 6.40. The van der Waals surface area contributed by atoms with Crippen molar-refractivity contribution in [1.29, 1.82) is 0 Å². The van der Waals surface area contributed by atoms with Crippen LogP contribution in [0.25, 0.3) is 0 Å². The average molecular weight is 180 g/mol. The highest BCUT2D eigenvalue weighted by Gasteiger charge is 1.93. The molecule has 3 N–H and O–H groups in total. The molecule has 0 saturated heterocycles. The molecule has 0 unspecified atom stereocenters. The number of nitrogens with two attached hydrogens (primary N) is 1. The molecule has 1 rings (SSSR count). The van der Waals surface area contributed by atoms with Crippen molar-refractivity contribution in [2.45, 2.75) is 6.42 Å². The van der Waals surface area contributed by atoms with Crippen LogP contribution in [-0.2, 0) is 0 Å². The van der Waals surface area contributed by atoms with E-state index in [1.807, 2.05) is 0 Å². The molecular formula is C10H14NO2. The highest BCUT2D eigenvalue weighted by Crippen LogP contribution is 2.11. The second kappa shape index (κ2) is 7.31. The van der Waals surface area contributed by atoms with E-state index in [9.17, 15) is 4.79 Å². The second-order valence-corrected chi connectivity index (χ2v) is 2.32. The topological polar surface area (TPSA) is 63.3 Å². The summed E-state index contributed by atoms with van der Waals surface area (Å²) in [6.07, 6.45) is 1.47. The van der Waals surface area contributed by atoms with Gasteiger partial charge in [0.15, 0.2) is 6.29 Å². The maximum absolute atomic E-state index is 10.1. The molecule has 1 aromatic rings. The third-order valence-electron chi connectivity index (χ3n) is 1.27. The predicted octanol–water partition coefficient (Wildman–Crippen LogP) is 1.37. The van der Waals surface area contributed by atoms with Gasteiger partial charge < -0.3 is 10.8 Å². The first-order valence-electron chi connectivity index (χ1n) is 3.98. The summed E-state index contributed by atoms with van der Waals surface area (Å²) in [5.41, 5.74) is 5.30. The van der Waals surface area contributed by atoms with E-state index in [-0.39, 0.29) is 5.75 Å². The lowest BCUT2D eigenvalue weighted by Gasteiger charge is -1.91. The van der Waals surface area contributed by atoms with Crippen molar-refractivity contribution < 1.29 is 9.90 Å². The molecule has 0 atom stereocenters. The molecule has 0 aliphatic rings. The highest BCUT2D eigenvalue weighted by molar-refractivity contribution is 5.78. The minimum absolute atomic E-state index is 0.0347. The lowest BCUT2D eigenvalue weighted by molar-refractivity contribution is 0.112. The Morgan fingerprint density at radius 2 is 2.00 bits per heavy atom. The molecule has 0 spiro atoms. The van der Waals surface area contributed by atoms with Crippen LogP contribution < -0.4 is 5.73 Å². The number of rotatable bonds is 2. The lowest BCUT2D eigenvalue weighted by atomic mass is 10.2. The largest absolute Gasteiger partial charge is 0.507 e. The van der Waals surface area contributed by atoms with E-state index in [4.69, 9.17) is 10.8 Å². The molecule has 3 heteroatoms. The van der Waals surface area contributed by atoms with Gasteiger partial charge in [0.1, 0.15) is 5.75 Å². The average Bonchev–Trinajstić information content (AvgIpc) is 2.19. The molecule has 1 aromatic carbocycles. The lowest BCUT2D eigenvalue weighted by Crippen LogP contribution is -1.93. The van der Waals surface area contributed by atoms with Crippen molar-refractivity contribution in [3.63, 3.8) is 0 Å². The zero-order valence-corrected chi connectivity index (χ0v) is 7.44. The Labute approximate surface area is 78.2 Å². The zero-order valence-electron chi connectivity index (χ0n) is 7.44. The molecule has 0 heterocycles. The number of aldehydes is 1.